The van der Waals surface area contributed by atoms with Gasteiger partial charge in [0.15, 0.2) is 0 Å². The van der Waals surface area contributed by atoms with Gasteiger partial charge >= 0.3 is 5.97 Å². The first-order chi connectivity index (χ1) is 12.4. The smallest absolute Gasteiger partial charge is 0.307 e. The molecule has 1 unspecified atom stereocenters. The van der Waals surface area contributed by atoms with Gasteiger partial charge in [0.2, 0.25) is 11.8 Å². The number of amides is 2. The molecule has 7 heteroatoms. The third-order valence-electron chi connectivity index (χ3n) is 4.41. The van der Waals surface area contributed by atoms with E-state index in [-0.39, 0.29) is 24.8 Å². The molecular formula is C19H27N3O4. The fourth-order valence-corrected chi connectivity index (χ4v) is 2.81. The molecule has 2 rings (SSSR count). The number of carbonyl (C=O) groups is 3. The predicted octanol–water partition coefficient (Wildman–Crippen LogP) is 1.39. The summed E-state index contributed by atoms with van der Waals surface area (Å²) in [5, 5.41) is 5.59. The van der Waals surface area contributed by atoms with Crippen LogP contribution in [0.1, 0.15) is 30.9 Å². The van der Waals surface area contributed by atoms with Gasteiger partial charge in [0, 0.05) is 18.8 Å². The molecule has 7 nitrogen and oxygen atoms in total. The number of piperazine rings is 1. The minimum atomic E-state index is -0.682. The Morgan fingerprint density at radius 1 is 1.31 bits per heavy atom. The van der Waals surface area contributed by atoms with Gasteiger partial charge in [0.25, 0.3) is 0 Å². The minimum absolute atomic E-state index is 0.0477. The van der Waals surface area contributed by atoms with Crippen molar-refractivity contribution in [3.05, 3.63) is 29.3 Å². The van der Waals surface area contributed by atoms with Gasteiger partial charge < -0.3 is 15.4 Å². The highest BCUT2D eigenvalue weighted by atomic mass is 16.5. The number of esters is 1. The van der Waals surface area contributed by atoms with Crippen LogP contribution in [0.3, 0.4) is 0 Å². The number of carbonyl (C=O) groups excluding carboxylic acids is 3. The van der Waals surface area contributed by atoms with Crippen LogP contribution >= 0.6 is 0 Å². The Balaban J connectivity index is 1.97. The summed E-state index contributed by atoms with van der Waals surface area (Å²) in [6.45, 7) is 7.25. The molecule has 1 heterocycles. The zero-order chi connectivity index (χ0) is 19.1. The Morgan fingerprint density at radius 3 is 2.77 bits per heavy atom. The number of rotatable bonds is 7. The first-order valence-corrected chi connectivity index (χ1v) is 8.95. The molecule has 1 fully saturated rings. The standard InChI is InChI=1S/C19H27N3O4/c1-4-9-26-18(24)11-16-19(25)20-7-8-22(16)12-17(23)21-15-6-5-13(2)14(3)10-15/h5-6,10,16H,4,7-9,11-12H2,1-3H3,(H,20,25)(H,21,23). The van der Waals surface area contributed by atoms with Gasteiger partial charge in [-0.15, -0.1) is 0 Å². The van der Waals surface area contributed by atoms with Crippen LogP contribution in [0.5, 0.6) is 0 Å². The van der Waals surface area contributed by atoms with Crippen LogP contribution in [0.15, 0.2) is 18.2 Å². The molecule has 1 aliphatic rings. The van der Waals surface area contributed by atoms with Crippen molar-refractivity contribution in [3.63, 3.8) is 0 Å². The zero-order valence-electron chi connectivity index (χ0n) is 15.6. The van der Waals surface area contributed by atoms with Crippen LogP contribution in [0.25, 0.3) is 0 Å². The molecule has 1 aromatic rings. The van der Waals surface area contributed by atoms with E-state index in [1.54, 1.807) is 4.90 Å². The summed E-state index contributed by atoms with van der Waals surface area (Å²) in [4.78, 5) is 38.1. The molecule has 142 valence electrons. The number of hydrogen-bond donors (Lipinski definition) is 2. The molecule has 2 N–H and O–H groups in total. The van der Waals surface area contributed by atoms with Crippen LogP contribution in [-0.2, 0) is 19.1 Å². The lowest BCUT2D eigenvalue weighted by Gasteiger charge is -2.33. The summed E-state index contributed by atoms with van der Waals surface area (Å²) in [6.07, 6.45) is 0.674. The van der Waals surface area contributed by atoms with Crippen molar-refractivity contribution in [2.45, 2.75) is 39.7 Å². The van der Waals surface area contributed by atoms with Crippen molar-refractivity contribution in [3.8, 4) is 0 Å². The molecule has 0 spiro atoms. The Labute approximate surface area is 154 Å². The highest BCUT2D eigenvalue weighted by molar-refractivity contribution is 5.93. The van der Waals surface area contributed by atoms with E-state index in [0.717, 1.165) is 23.2 Å². The maximum atomic E-state index is 12.4. The average molecular weight is 361 g/mol. The van der Waals surface area contributed by atoms with Gasteiger partial charge in [-0.25, -0.2) is 0 Å². The third kappa shape index (κ3) is 5.56. The van der Waals surface area contributed by atoms with Crippen LogP contribution in [0.2, 0.25) is 0 Å². The Kier molecular flexibility index (Phi) is 7.15. The molecule has 0 radical (unpaired) electrons. The first kappa shape index (κ1) is 19.9. The van der Waals surface area contributed by atoms with Crippen LogP contribution in [0.4, 0.5) is 5.69 Å². The fraction of sp³-hybridized carbons (Fsp3) is 0.526. The summed E-state index contributed by atoms with van der Waals surface area (Å²) < 4.78 is 5.07. The topological polar surface area (TPSA) is 87.7 Å². The summed E-state index contributed by atoms with van der Waals surface area (Å²) in [6, 6.07) is 5.03. The number of benzene rings is 1. The molecule has 1 aromatic carbocycles. The largest absolute Gasteiger partial charge is 0.466 e. The van der Waals surface area contributed by atoms with E-state index in [4.69, 9.17) is 4.74 Å². The van der Waals surface area contributed by atoms with Crippen LogP contribution in [0, 0.1) is 13.8 Å². The Morgan fingerprint density at radius 2 is 2.08 bits per heavy atom. The number of hydrogen-bond acceptors (Lipinski definition) is 5. The van der Waals surface area contributed by atoms with Gasteiger partial charge in [0.1, 0.15) is 6.04 Å². The summed E-state index contributed by atoms with van der Waals surface area (Å²) in [5.41, 5.74) is 2.97. The van der Waals surface area contributed by atoms with E-state index in [9.17, 15) is 14.4 Å². The molecule has 0 aliphatic carbocycles. The molecule has 0 saturated carbocycles. The second-order valence-corrected chi connectivity index (χ2v) is 6.55. The lowest BCUT2D eigenvalue weighted by atomic mass is 10.1. The van der Waals surface area contributed by atoms with Gasteiger partial charge in [-0.2, -0.15) is 0 Å². The zero-order valence-corrected chi connectivity index (χ0v) is 15.6. The number of ether oxygens (including phenoxy) is 1. The predicted molar refractivity (Wildman–Crippen MR) is 98.8 cm³/mol. The van der Waals surface area contributed by atoms with E-state index in [1.807, 2.05) is 39.0 Å². The molecule has 26 heavy (non-hydrogen) atoms. The van der Waals surface area contributed by atoms with Crippen molar-refractivity contribution < 1.29 is 19.1 Å². The highest BCUT2D eigenvalue weighted by Crippen LogP contribution is 2.15. The number of aryl methyl sites for hydroxylation is 2. The Hall–Kier alpha value is -2.41. The minimum Gasteiger partial charge on any atom is -0.466 e. The highest BCUT2D eigenvalue weighted by Gasteiger charge is 2.33. The molecule has 2 amide bonds. The van der Waals surface area contributed by atoms with Crippen molar-refractivity contribution in [2.24, 2.45) is 0 Å². The van der Waals surface area contributed by atoms with E-state index in [0.29, 0.717) is 19.7 Å². The van der Waals surface area contributed by atoms with E-state index < -0.39 is 12.0 Å². The first-order valence-electron chi connectivity index (χ1n) is 8.95. The van der Waals surface area contributed by atoms with Crippen molar-refractivity contribution in [1.29, 1.82) is 0 Å². The van der Waals surface area contributed by atoms with Crippen molar-refractivity contribution in [2.75, 3.05) is 31.6 Å². The maximum absolute atomic E-state index is 12.4. The van der Waals surface area contributed by atoms with Gasteiger partial charge in [-0.05, 0) is 43.5 Å². The quantitative estimate of drug-likeness (QED) is 0.717. The van der Waals surface area contributed by atoms with Crippen LogP contribution < -0.4 is 10.6 Å². The molecule has 1 aliphatic heterocycles. The summed E-state index contributed by atoms with van der Waals surface area (Å²) in [5.74, 6) is -0.882. The van der Waals surface area contributed by atoms with Gasteiger partial charge in [-0.3, -0.25) is 19.3 Å². The monoisotopic (exact) mass is 361 g/mol. The SMILES string of the molecule is CCCOC(=O)CC1C(=O)NCCN1CC(=O)Nc1ccc(C)c(C)c1. The third-order valence-corrected chi connectivity index (χ3v) is 4.41. The fourth-order valence-electron chi connectivity index (χ4n) is 2.81. The van der Waals surface area contributed by atoms with E-state index in [2.05, 4.69) is 10.6 Å². The average Bonchev–Trinajstić information content (AvgIpc) is 2.59. The molecule has 0 bridgehead atoms. The maximum Gasteiger partial charge on any atom is 0.307 e. The normalized spacial score (nSPS) is 17.5. The van der Waals surface area contributed by atoms with E-state index >= 15 is 0 Å². The molecule has 1 atom stereocenters. The van der Waals surface area contributed by atoms with E-state index in [1.165, 1.54) is 0 Å². The second-order valence-electron chi connectivity index (χ2n) is 6.55. The second kappa shape index (κ2) is 9.33. The molecular weight excluding hydrogens is 334 g/mol. The van der Waals surface area contributed by atoms with Crippen LogP contribution in [-0.4, -0.2) is 55.0 Å². The van der Waals surface area contributed by atoms with Crippen molar-refractivity contribution >= 4 is 23.5 Å². The molecule has 0 aromatic heterocycles. The number of anilines is 1. The number of nitrogens with zero attached hydrogens (tertiary/aromatic N) is 1. The van der Waals surface area contributed by atoms with Gasteiger partial charge in [-0.1, -0.05) is 13.0 Å². The van der Waals surface area contributed by atoms with Gasteiger partial charge in [0.05, 0.1) is 19.6 Å². The Bertz CT molecular complexity index is 675. The lowest BCUT2D eigenvalue weighted by molar-refractivity contribution is -0.148. The summed E-state index contributed by atoms with van der Waals surface area (Å²) in [7, 11) is 0. The van der Waals surface area contributed by atoms with Crippen molar-refractivity contribution in [1.82, 2.24) is 10.2 Å². The summed E-state index contributed by atoms with van der Waals surface area (Å²) >= 11 is 0. The lowest BCUT2D eigenvalue weighted by Crippen LogP contribution is -2.57. The molecule has 1 saturated heterocycles. The number of nitrogens with one attached hydrogen (secondary N) is 2.